The average molecular weight is 703 g/mol. The van der Waals surface area contributed by atoms with Crippen LogP contribution in [-0.2, 0) is 0 Å². The van der Waals surface area contributed by atoms with Crippen LogP contribution in [0.25, 0.3) is 95.0 Å². The first-order valence-electron chi connectivity index (χ1n) is 18.5. The van der Waals surface area contributed by atoms with Crippen LogP contribution >= 0.6 is 0 Å². The highest BCUT2D eigenvalue weighted by molar-refractivity contribution is 6.17. The predicted octanol–water partition coefficient (Wildman–Crippen LogP) is 13.0. The third-order valence-corrected chi connectivity index (χ3v) is 10.3. The fourth-order valence-corrected chi connectivity index (χ4v) is 7.56. The fraction of sp³-hybridized carbons (Fsp3) is 0. The van der Waals surface area contributed by atoms with Crippen LogP contribution in [-0.4, -0.2) is 19.5 Å². The second kappa shape index (κ2) is 13.8. The van der Waals surface area contributed by atoms with E-state index in [1.165, 1.54) is 22.3 Å². The molecule has 0 radical (unpaired) electrons. The molecule has 2 aromatic heterocycles. The zero-order chi connectivity index (χ0) is 36.6. The van der Waals surface area contributed by atoms with E-state index in [4.69, 9.17) is 15.0 Å². The van der Waals surface area contributed by atoms with Crippen LogP contribution in [0.15, 0.2) is 206 Å². The number of hydrogen-bond acceptors (Lipinski definition) is 3. The van der Waals surface area contributed by atoms with Crippen molar-refractivity contribution in [2.24, 2.45) is 0 Å². The number of rotatable bonds is 7. The third-order valence-electron chi connectivity index (χ3n) is 10.3. The van der Waals surface area contributed by atoms with Crippen LogP contribution in [0.2, 0.25) is 0 Å². The molecule has 0 aliphatic carbocycles. The van der Waals surface area contributed by atoms with Gasteiger partial charge in [0.25, 0.3) is 0 Å². The van der Waals surface area contributed by atoms with E-state index in [1.54, 1.807) is 0 Å². The van der Waals surface area contributed by atoms with E-state index in [9.17, 15) is 0 Å². The van der Waals surface area contributed by atoms with Gasteiger partial charge in [-0.15, -0.1) is 0 Å². The molecular formula is C51H34N4. The van der Waals surface area contributed by atoms with Gasteiger partial charge in [0.1, 0.15) is 0 Å². The molecule has 0 bridgehead atoms. The summed E-state index contributed by atoms with van der Waals surface area (Å²) in [6, 6.07) is 72.4. The molecule has 0 saturated heterocycles. The van der Waals surface area contributed by atoms with Crippen LogP contribution in [0.1, 0.15) is 0 Å². The van der Waals surface area contributed by atoms with Gasteiger partial charge in [-0.3, -0.25) is 4.57 Å². The summed E-state index contributed by atoms with van der Waals surface area (Å²) in [5.74, 6) is 1.82. The number of benzene rings is 8. The van der Waals surface area contributed by atoms with E-state index < -0.39 is 0 Å². The molecule has 0 unspecified atom stereocenters. The first-order valence-corrected chi connectivity index (χ1v) is 18.5. The minimum Gasteiger partial charge on any atom is -0.278 e. The Morgan fingerprint density at radius 2 is 0.691 bits per heavy atom. The summed E-state index contributed by atoms with van der Waals surface area (Å²) < 4.78 is 2.22. The summed E-state index contributed by atoms with van der Waals surface area (Å²) in [6.45, 7) is 0. The lowest BCUT2D eigenvalue weighted by molar-refractivity contribution is 0.953. The first kappa shape index (κ1) is 32.2. The molecule has 10 rings (SSSR count). The summed E-state index contributed by atoms with van der Waals surface area (Å²) in [5, 5.41) is 2.28. The Bertz CT molecular complexity index is 2860. The summed E-state index contributed by atoms with van der Waals surface area (Å²) in [4.78, 5) is 15.4. The molecule has 0 aliphatic heterocycles. The van der Waals surface area contributed by atoms with Crippen molar-refractivity contribution in [1.82, 2.24) is 19.5 Å². The van der Waals surface area contributed by atoms with Crippen molar-refractivity contribution in [1.29, 1.82) is 0 Å². The van der Waals surface area contributed by atoms with Crippen molar-refractivity contribution < 1.29 is 0 Å². The maximum absolute atomic E-state index is 5.21. The Morgan fingerprint density at radius 1 is 0.291 bits per heavy atom. The molecule has 8 aromatic carbocycles. The number of para-hydroxylation sites is 1. The maximum atomic E-state index is 5.21. The van der Waals surface area contributed by atoms with E-state index in [-0.39, 0.29) is 0 Å². The maximum Gasteiger partial charge on any atom is 0.238 e. The van der Waals surface area contributed by atoms with Gasteiger partial charge in [0.05, 0.1) is 11.0 Å². The first-order chi connectivity index (χ1) is 27.3. The van der Waals surface area contributed by atoms with Crippen LogP contribution in [0.3, 0.4) is 0 Å². The Labute approximate surface area is 319 Å². The Kier molecular flexibility index (Phi) is 8.12. The summed E-state index contributed by atoms with van der Waals surface area (Å²) >= 11 is 0. The van der Waals surface area contributed by atoms with Crippen molar-refractivity contribution >= 4 is 21.8 Å². The summed E-state index contributed by atoms with van der Waals surface area (Å²) in [7, 11) is 0. The second-order valence-electron chi connectivity index (χ2n) is 13.7. The van der Waals surface area contributed by atoms with E-state index in [0.717, 1.165) is 55.2 Å². The lowest BCUT2D eigenvalue weighted by Gasteiger charge is -2.13. The molecule has 4 heteroatoms. The van der Waals surface area contributed by atoms with Crippen molar-refractivity contribution in [2.45, 2.75) is 0 Å². The Morgan fingerprint density at radius 3 is 1.20 bits per heavy atom. The van der Waals surface area contributed by atoms with E-state index in [2.05, 4.69) is 150 Å². The van der Waals surface area contributed by atoms with Crippen LogP contribution < -0.4 is 0 Å². The smallest absolute Gasteiger partial charge is 0.238 e. The van der Waals surface area contributed by atoms with Crippen LogP contribution in [0, 0.1) is 0 Å². The van der Waals surface area contributed by atoms with Gasteiger partial charge in [-0.2, -0.15) is 9.97 Å². The number of aromatic nitrogens is 4. The minimum absolute atomic E-state index is 0.570. The molecule has 0 atom stereocenters. The van der Waals surface area contributed by atoms with Crippen LogP contribution in [0.5, 0.6) is 0 Å². The molecule has 2 heterocycles. The van der Waals surface area contributed by atoms with E-state index >= 15 is 0 Å². The van der Waals surface area contributed by atoms with Gasteiger partial charge < -0.3 is 0 Å². The fourth-order valence-electron chi connectivity index (χ4n) is 7.56. The molecule has 0 saturated carbocycles. The van der Waals surface area contributed by atoms with Gasteiger partial charge in [-0.25, -0.2) is 4.98 Å². The molecule has 0 spiro atoms. The molecule has 0 N–H and O–H groups in total. The second-order valence-corrected chi connectivity index (χ2v) is 13.7. The molecule has 10 aromatic rings. The summed E-state index contributed by atoms with van der Waals surface area (Å²) in [6.07, 6.45) is 0. The standard InChI is InChI=1S/C51H34N4/c1-5-15-35(16-6-1)37-25-27-39(28-26-37)43-33-45(40-31-29-38(30-32-40)36-17-7-2-8-18-36)48-44-23-13-14-24-46(44)55(47(48)34-43)51-53-49(41-19-9-3-10-20-41)52-50(54-51)42-21-11-4-12-22-42/h1-34H. The van der Waals surface area contributed by atoms with Crippen LogP contribution in [0.4, 0.5) is 0 Å². The predicted molar refractivity (Wildman–Crippen MR) is 227 cm³/mol. The van der Waals surface area contributed by atoms with Gasteiger partial charge in [-0.05, 0) is 62.7 Å². The zero-order valence-corrected chi connectivity index (χ0v) is 29.9. The highest BCUT2D eigenvalue weighted by Gasteiger charge is 2.21. The molecule has 0 amide bonds. The quantitative estimate of drug-likeness (QED) is 0.166. The van der Waals surface area contributed by atoms with Gasteiger partial charge in [0.2, 0.25) is 5.95 Å². The van der Waals surface area contributed by atoms with E-state index in [1.807, 2.05) is 60.7 Å². The van der Waals surface area contributed by atoms with Gasteiger partial charge in [0, 0.05) is 21.9 Å². The minimum atomic E-state index is 0.570. The molecule has 0 fully saturated rings. The molecule has 0 aliphatic rings. The Hall–Kier alpha value is -7.43. The lowest BCUT2D eigenvalue weighted by atomic mass is 9.92. The van der Waals surface area contributed by atoms with Crippen molar-refractivity contribution in [3.8, 4) is 73.2 Å². The van der Waals surface area contributed by atoms with Gasteiger partial charge in [0.15, 0.2) is 11.6 Å². The van der Waals surface area contributed by atoms with Gasteiger partial charge >= 0.3 is 0 Å². The summed E-state index contributed by atoms with van der Waals surface area (Å²) in [5.41, 5.74) is 13.2. The monoisotopic (exact) mass is 702 g/mol. The zero-order valence-electron chi connectivity index (χ0n) is 29.9. The highest BCUT2D eigenvalue weighted by atomic mass is 15.2. The molecular weight excluding hydrogens is 669 g/mol. The largest absolute Gasteiger partial charge is 0.278 e. The van der Waals surface area contributed by atoms with Crippen molar-refractivity contribution in [2.75, 3.05) is 0 Å². The normalized spacial score (nSPS) is 11.3. The van der Waals surface area contributed by atoms with E-state index in [0.29, 0.717) is 17.6 Å². The highest BCUT2D eigenvalue weighted by Crippen LogP contribution is 2.42. The average Bonchev–Trinajstić information content (AvgIpc) is 3.61. The molecule has 55 heavy (non-hydrogen) atoms. The topological polar surface area (TPSA) is 43.6 Å². The number of hydrogen-bond donors (Lipinski definition) is 0. The lowest BCUT2D eigenvalue weighted by Crippen LogP contribution is -2.06. The van der Waals surface area contributed by atoms with Crippen molar-refractivity contribution in [3.63, 3.8) is 0 Å². The third kappa shape index (κ3) is 6.06. The van der Waals surface area contributed by atoms with Crippen molar-refractivity contribution in [3.05, 3.63) is 206 Å². The SMILES string of the molecule is c1ccc(-c2ccc(-c3cc(-c4ccc(-c5ccccc5)cc4)c4c5ccccc5n(-c5nc(-c6ccccc6)nc(-c6ccccc6)n5)c4c3)cc2)cc1. The van der Waals surface area contributed by atoms with Gasteiger partial charge in [-0.1, -0.05) is 188 Å². The molecule has 4 nitrogen and oxygen atoms in total. The number of fused-ring (bicyclic) bond motifs is 3. The Balaban J connectivity index is 1.24. The number of nitrogens with zero attached hydrogens (tertiary/aromatic N) is 4. The molecule has 258 valence electrons.